The number of benzene rings is 3. The SMILES string of the molecule is O=C(Nc1ccc(-c2n[nH]c3ccc(-c4nc[nH]n4)cc23)cc1)c1ccc(F)cc1. The lowest BCUT2D eigenvalue weighted by Crippen LogP contribution is -2.11. The van der Waals surface area contributed by atoms with Crippen molar-refractivity contribution in [3.05, 3.63) is 84.4 Å². The Labute approximate surface area is 170 Å². The molecule has 0 radical (unpaired) electrons. The zero-order valence-electron chi connectivity index (χ0n) is 15.6. The number of aromatic amines is 2. The van der Waals surface area contributed by atoms with E-state index in [1.54, 1.807) is 12.1 Å². The van der Waals surface area contributed by atoms with Crippen LogP contribution in [0.25, 0.3) is 33.5 Å². The number of carbonyl (C=O) groups excluding carboxylic acids is 1. The lowest BCUT2D eigenvalue weighted by Gasteiger charge is -2.06. The molecular weight excluding hydrogens is 383 g/mol. The molecule has 7 nitrogen and oxygen atoms in total. The summed E-state index contributed by atoms with van der Waals surface area (Å²) in [5.74, 6) is -0.0691. The maximum absolute atomic E-state index is 13.0. The first-order valence-electron chi connectivity index (χ1n) is 9.19. The number of amides is 1. The van der Waals surface area contributed by atoms with Gasteiger partial charge >= 0.3 is 0 Å². The molecule has 1 amide bonds. The molecule has 0 saturated carbocycles. The van der Waals surface area contributed by atoms with Crippen molar-refractivity contribution < 1.29 is 9.18 Å². The Morgan fingerprint density at radius 1 is 0.900 bits per heavy atom. The topological polar surface area (TPSA) is 99.4 Å². The number of hydrogen-bond acceptors (Lipinski definition) is 4. The van der Waals surface area contributed by atoms with Gasteiger partial charge < -0.3 is 5.32 Å². The van der Waals surface area contributed by atoms with Crippen LogP contribution in [0.5, 0.6) is 0 Å². The molecule has 0 spiro atoms. The third-order valence-electron chi connectivity index (χ3n) is 4.76. The summed E-state index contributed by atoms with van der Waals surface area (Å²) in [6.07, 6.45) is 1.54. The Balaban J connectivity index is 1.41. The molecule has 0 aliphatic heterocycles. The van der Waals surface area contributed by atoms with E-state index in [-0.39, 0.29) is 11.7 Å². The van der Waals surface area contributed by atoms with Gasteiger partial charge in [-0.25, -0.2) is 9.37 Å². The molecule has 5 aromatic rings. The summed E-state index contributed by atoms with van der Waals surface area (Å²) in [4.78, 5) is 16.5. The highest BCUT2D eigenvalue weighted by atomic mass is 19.1. The fraction of sp³-hybridized carbons (Fsp3) is 0. The first-order valence-corrected chi connectivity index (χ1v) is 9.19. The van der Waals surface area contributed by atoms with E-state index in [0.717, 1.165) is 27.7 Å². The number of rotatable bonds is 4. The van der Waals surface area contributed by atoms with Crippen molar-refractivity contribution in [2.75, 3.05) is 5.32 Å². The van der Waals surface area contributed by atoms with Gasteiger partial charge in [0.05, 0.1) is 11.2 Å². The summed E-state index contributed by atoms with van der Waals surface area (Å²) in [6.45, 7) is 0. The molecule has 3 aromatic carbocycles. The Morgan fingerprint density at radius 3 is 2.40 bits per heavy atom. The maximum Gasteiger partial charge on any atom is 0.255 e. The molecule has 2 heterocycles. The maximum atomic E-state index is 13.0. The van der Waals surface area contributed by atoms with E-state index < -0.39 is 0 Å². The van der Waals surface area contributed by atoms with E-state index in [2.05, 4.69) is 30.7 Å². The minimum Gasteiger partial charge on any atom is -0.322 e. The number of nitrogens with one attached hydrogen (secondary N) is 3. The lowest BCUT2D eigenvalue weighted by molar-refractivity contribution is 0.102. The Morgan fingerprint density at radius 2 is 1.67 bits per heavy atom. The van der Waals surface area contributed by atoms with Gasteiger partial charge in [-0.2, -0.15) is 10.2 Å². The zero-order valence-corrected chi connectivity index (χ0v) is 15.6. The molecule has 0 atom stereocenters. The predicted octanol–water partition coefficient (Wildman–Crippen LogP) is 4.41. The third-order valence-corrected chi connectivity index (χ3v) is 4.76. The fourth-order valence-corrected chi connectivity index (χ4v) is 3.24. The van der Waals surface area contributed by atoms with Crippen molar-refractivity contribution in [2.24, 2.45) is 0 Å². The number of carbonyl (C=O) groups is 1. The van der Waals surface area contributed by atoms with E-state index in [1.807, 2.05) is 30.3 Å². The number of hydrogen-bond donors (Lipinski definition) is 3. The van der Waals surface area contributed by atoms with E-state index >= 15 is 0 Å². The average Bonchev–Trinajstić information content (AvgIpc) is 3.44. The Kier molecular flexibility index (Phi) is 4.29. The Bertz CT molecular complexity index is 1320. The molecule has 146 valence electrons. The highest BCUT2D eigenvalue weighted by Gasteiger charge is 2.12. The number of fused-ring (bicyclic) bond motifs is 1. The van der Waals surface area contributed by atoms with Crippen LogP contribution in [0.15, 0.2) is 73.1 Å². The van der Waals surface area contributed by atoms with Gasteiger partial charge in [0, 0.05) is 27.8 Å². The number of anilines is 1. The van der Waals surface area contributed by atoms with Crippen LogP contribution in [-0.4, -0.2) is 31.3 Å². The van der Waals surface area contributed by atoms with Crippen LogP contribution in [0.3, 0.4) is 0 Å². The minimum absolute atomic E-state index is 0.302. The molecule has 30 heavy (non-hydrogen) atoms. The molecular formula is C22H15FN6O. The first kappa shape index (κ1) is 17.7. The van der Waals surface area contributed by atoms with Gasteiger partial charge in [0.25, 0.3) is 5.91 Å². The molecule has 2 aromatic heterocycles. The monoisotopic (exact) mass is 398 g/mol. The summed E-state index contributed by atoms with van der Waals surface area (Å²) in [5, 5.41) is 18.1. The number of halogens is 1. The summed E-state index contributed by atoms with van der Waals surface area (Å²) in [7, 11) is 0. The second kappa shape index (κ2) is 7.25. The molecule has 0 aliphatic rings. The minimum atomic E-state index is -0.381. The summed E-state index contributed by atoms with van der Waals surface area (Å²) in [5.41, 5.74) is 4.49. The van der Waals surface area contributed by atoms with E-state index in [0.29, 0.717) is 17.1 Å². The van der Waals surface area contributed by atoms with Gasteiger partial charge in [-0.1, -0.05) is 12.1 Å². The van der Waals surface area contributed by atoms with E-state index in [1.165, 1.54) is 30.6 Å². The summed E-state index contributed by atoms with van der Waals surface area (Å²) < 4.78 is 13.0. The molecule has 0 unspecified atom stereocenters. The predicted molar refractivity (Wildman–Crippen MR) is 111 cm³/mol. The van der Waals surface area contributed by atoms with Crippen molar-refractivity contribution in [1.82, 2.24) is 25.4 Å². The van der Waals surface area contributed by atoms with Crippen LogP contribution >= 0.6 is 0 Å². The quantitative estimate of drug-likeness (QED) is 0.418. The van der Waals surface area contributed by atoms with Gasteiger partial charge in [-0.3, -0.25) is 15.0 Å². The molecule has 0 saturated heterocycles. The largest absolute Gasteiger partial charge is 0.322 e. The first-order chi connectivity index (χ1) is 14.7. The van der Waals surface area contributed by atoms with Crippen LogP contribution in [0.2, 0.25) is 0 Å². The molecule has 0 bridgehead atoms. The van der Waals surface area contributed by atoms with Crippen molar-refractivity contribution >= 4 is 22.5 Å². The molecule has 5 rings (SSSR count). The average molecular weight is 398 g/mol. The van der Waals surface area contributed by atoms with Crippen LogP contribution in [0, 0.1) is 5.82 Å². The molecule has 3 N–H and O–H groups in total. The van der Waals surface area contributed by atoms with Crippen molar-refractivity contribution in [2.45, 2.75) is 0 Å². The van der Waals surface area contributed by atoms with Crippen molar-refractivity contribution in [3.8, 4) is 22.6 Å². The van der Waals surface area contributed by atoms with Crippen molar-refractivity contribution in [3.63, 3.8) is 0 Å². The van der Waals surface area contributed by atoms with Gasteiger partial charge in [0.2, 0.25) is 0 Å². The molecule has 0 aliphatic carbocycles. The second-order valence-electron chi connectivity index (χ2n) is 6.69. The van der Waals surface area contributed by atoms with Crippen LogP contribution in [-0.2, 0) is 0 Å². The van der Waals surface area contributed by atoms with Gasteiger partial charge in [-0.05, 0) is 54.6 Å². The van der Waals surface area contributed by atoms with Crippen LogP contribution in [0.4, 0.5) is 10.1 Å². The van der Waals surface area contributed by atoms with Gasteiger partial charge in [0.15, 0.2) is 5.82 Å². The fourth-order valence-electron chi connectivity index (χ4n) is 3.24. The summed E-state index contributed by atoms with van der Waals surface area (Å²) in [6, 6.07) is 18.6. The highest BCUT2D eigenvalue weighted by molar-refractivity contribution is 6.04. The number of aromatic nitrogens is 5. The van der Waals surface area contributed by atoms with Gasteiger partial charge in [0.1, 0.15) is 12.1 Å². The van der Waals surface area contributed by atoms with Crippen molar-refractivity contribution in [1.29, 1.82) is 0 Å². The van der Waals surface area contributed by atoms with E-state index in [9.17, 15) is 9.18 Å². The van der Waals surface area contributed by atoms with Crippen LogP contribution < -0.4 is 5.32 Å². The second-order valence-corrected chi connectivity index (χ2v) is 6.69. The zero-order chi connectivity index (χ0) is 20.5. The number of nitrogens with zero attached hydrogens (tertiary/aromatic N) is 3. The highest BCUT2D eigenvalue weighted by Crippen LogP contribution is 2.30. The molecule has 8 heteroatoms. The van der Waals surface area contributed by atoms with Gasteiger partial charge in [-0.15, -0.1) is 0 Å². The molecule has 0 fully saturated rings. The van der Waals surface area contributed by atoms with E-state index in [4.69, 9.17) is 0 Å². The normalized spacial score (nSPS) is 11.0. The third kappa shape index (κ3) is 3.30. The summed E-state index contributed by atoms with van der Waals surface area (Å²) >= 11 is 0. The lowest BCUT2D eigenvalue weighted by atomic mass is 10.0. The van der Waals surface area contributed by atoms with Crippen LogP contribution in [0.1, 0.15) is 10.4 Å². The standard InChI is InChI=1S/C22H15FN6O/c23-16-6-1-14(2-7-16)22(30)26-17-8-3-13(4-9-17)20-18-11-15(21-24-12-25-29-21)5-10-19(18)27-28-20/h1-12H,(H,26,30)(H,27,28)(H,24,25,29). The number of H-pyrrole nitrogens is 2. The Hall–Kier alpha value is -4.33. The smallest absolute Gasteiger partial charge is 0.255 e.